The molecule has 0 amide bonds. The van der Waals surface area contributed by atoms with Gasteiger partial charge in [0.25, 0.3) is 0 Å². The summed E-state index contributed by atoms with van der Waals surface area (Å²) in [7, 11) is 0. The van der Waals surface area contributed by atoms with Gasteiger partial charge in [-0.1, -0.05) is 0 Å². The topological polar surface area (TPSA) is 78.8 Å². The molecule has 2 aromatic rings. The molecule has 0 radical (unpaired) electrons. The first-order valence-corrected chi connectivity index (χ1v) is 5.98. The molecule has 1 atom stereocenters. The van der Waals surface area contributed by atoms with Crippen LogP contribution in [0.2, 0.25) is 0 Å². The molecule has 0 bridgehead atoms. The van der Waals surface area contributed by atoms with E-state index in [1.54, 1.807) is 0 Å². The lowest BCUT2D eigenvalue weighted by Crippen LogP contribution is -2.12. The van der Waals surface area contributed by atoms with E-state index < -0.39 is 0 Å². The maximum absolute atomic E-state index is 5.82. The summed E-state index contributed by atoms with van der Waals surface area (Å²) in [4.78, 5) is 0. The molecule has 1 aliphatic rings. The van der Waals surface area contributed by atoms with Crippen molar-refractivity contribution in [2.24, 2.45) is 0 Å². The summed E-state index contributed by atoms with van der Waals surface area (Å²) in [6.07, 6.45) is 0.950. The number of nitrogens with zero attached hydrogens (tertiary/aromatic N) is 4. The van der Waals surface area contributed by atoms with Crippen LogP contribution in [0, 0.1) is 6.92 Å². The maximum atomic E-state index is 5.82. The Morgan fingerprint density at radius 1 is 1.44 bits per heavy atom. The standard InChI is InChI=1S/C12H15N5O/c1-8-6-9(2-3-11(8)13)12-14-15-16-17(12)10-4-5-18-7-10/h2-3,6,10H,4-5,7,13H2,1H3. The minimum atomic E-state index is 0.229. The van der Waals surface area contributed by atoms with Crippen LogP contribution in [0.15, 0.2) is 18.2 Å². The minimum absolute atomic E-state index is 0.229. The molecule has 1 saturated heterocycles. The number of aromatic nitrogens is 4. The van der Waals surface area contributed by atoms with Crippen molar-refractivity contribution in [2.45, 2.75) is 19.4 Å². The molecule has 0 saturated carbocycles. The summed E-state index contributed by atoms with van der Waals surface area (Å²) in [5.41, 5.74) is 8.62. The highest BCUT2D eigenvalue weighted by molar-refractivity contribution is 5.61. The number of anilines is 1. The molecule has 6 heteroatoms. The molecule has 1 aliphatic heterocycles. The van der Waals surface area contributed by atoms with Crippen LogP contribution in [0.3, 0.4) is 0 Å². The van der Waals surface area contributed by atoms with E-state index in [0.717, 1.165) is 35.7 Å². The molecular weight excluding hydrogens is 230 g/mol. The van der Waals surface area contributed by atoms with Crippen molar-refractivity contribution >= 4 is 5.69 Å². The average Bonchev–Trinajstić information content (AvgIpc) is 3.00. The minimum Gasteiger partial charge on any atom is -0.399 e. The van der Waals surface area contributed by atoms with E-state index in [0.29, 0.717) is 6.61 Å². The quantitative estimate of drug-likeness (QED) is 0.804. The van der Waals surface area contributed by atoms with Gasteiger partial charge in [0.2, 0.25) is 0 Å². The second kappa shape index (κ2) is 4.38. The number of benzene rings is 1. The van der Waals surface area contributed by atoms with Crippen molar-refractivity contribution < 1.29 is 4.74 Å². The van der Waals surface area contributed by atoms with E-state index in [-0.39, 0.29) is 6.04 Å². The van der Waals surface area contributed by atoms with Gasteiger partial charge in [-0.2, -0.15) is 0 Å². The zero-order valence-corrected chi connectivity index (χ0v) is 10.2. The van der Waals surface area contributed by atoms with Crippen molar-refractivity contribution in [2.75, 3.05) is 18.9 Å². The van der Waals surface area contributed by atoms with E-state index in [4.69, 9.17) is 10.5 Å². The van der Waals surface area contributed by atoms with Crippen LogP contribution in [0.1, 0.15) is 18.0 Å². The number of hydrogen-bond donors (Lipinski definition) is 1. The number of nitrogens with two attached hydrogens (primary N) is 1. The first-order chi connectivity index (χ1) is 8.75. The van der Waals surface area contributed by atoms with Crippen LogP contribution >= 0.6 is 0 Å². The monoisotopic (exact) mass is 245 g/mol. The van der Waals surface area contributed by atoms with Gasteiger partial charge in [0, 0.05) is 17.9 Å². The van der Waals surface area contributed by atoms with Crippen LogP contribution in [0.4, 0.5) is 5.69 Å². The molecule has 1 fully saturated rings. The lowest BCUT2D eigenvalue weighted by Gasteiger charge is -2.10. The molecule has 0 spiro atoms. The fraction of sp³-hybridized carbons (Fsp3) is 0.417. The summed E-state index contributed by atoms with van der Waals surface area (Å²) in [5.74, 6) is 0.772. The van der Waals surface area contributed by atoms with Crippen molar-refractivity contribution in [1.29, 1.82) is 0 Å². The van der Waals surface area contributed by atoms with E-state index in [1.807, 2.05) is 29.8 Å². The Balaban J connectivity index is 2.00. The number of aryl methyl sites for hydroxylation is 1. The van der Waals surface area contributed by atoms with E-state index in [1.165, 1.54) is 0 Å². The van der Waals surface area contributed by atoms with Crippen molar-refractivity contribution in [1.82, 2.24) is 20.2 Å². The number of nitrogen functional groups attached to an aromatic ring is 1. The van der Waals surface area contributed by atoms with Crippen molar-refractivity contribution in [3.63, 3.8) is 0 Å². The summed E-state index contributed by atoms with van der Waals surface area (Å²) < 4.78 is 7.22. The van der Waals surface area contributed by atoms with Gasteiger partial charge >= 0.3 is 0 Å². The largest absolute Gasteiger partial charge is 0.399 e. The molecule has 18 heavy (non-hydrogen) atoms. The van der Waals surface area contributed by atoms with Gasteiger partial charge in [-0.25, -0.2) is 4.68 Å². The number of hydrogen-bond acceptors (Lipinski definition) is 5. The van der Waals surface area contributed by atoms with E-state index in [2.05, 4.69) is 15.5 Å². The Labute approximate surface area is 105 Å². The van der Waals surface area contributed by atoms with Gasteiger partial charge in [0.1, 0.15) is 0 Å². The number of ether oxygens (including phenoxy) is 1. The van der Waals surface area contributed by atoms with Gasteiger partial charge < -0.3 is 10.5 Å². The molecule has 6 nitrogen and oxygen atoms in total. The maximum Gasteiger partial charge on any atom is 0.182 e. The Kier molecular flexibility index (Phi) is 2.71. The summed E-state index contributed by atoms with van der Waals surface area (Å²) in [6, 6.07) is 6.07. The van der Waals surface area contributed by atoms with Crippen LogP contribution < -0.4 is 5.73 Å². The van der Waals surface area contributed by atoms with Gasteiger partial charge in [0.05, 0.1) is 12.6 Å². The lowest BCUT2D eigenvalue weighted by molar-refractivity contribution is 0.184. The zero-order chi connectivity index (χ0) is 12.5. The first-order valence-electron chi connectivity index (χ1n) is 5.98. The normalized spacial score (nSPS) is 19.3. The van der Waals surface area contributed by atoms with Crippen LogP contribution in [0.25, 0.3) is 11.4 Å². The SMILES string of the molecule is Cc1cc(-c2nnnn2C2CCOC2)ccc1N. The molecule has 2 heterocycles. The lowest BCUT2D eigenvalue weighted by atomic mass is 10.1. The molecule has 3 rings (SSSR count). The second-order valence-electron chi connectivity index (χ2n) is 4.54. The molecule has 1 aromatic carbocycles. The third-order valence-corrected chi connectivity index (χ3v) is 3.27. The fourth-order valence-electron chi connectivity index (χ4n) is 2.16. The predicted octanol–water partition coefficient (Wildman–Crippen LogP) is 1.19. The predicted molar refractivity (Wildman–Crippen MR) is 66.9 cm³/mol. The second-order valence-corrected chi connectivity index (χ2v) is 4.54. The number of rotatable bonds is 2. The number of tetrazole rings is 1. The third kappa shape index (κ3) is 1.84. The summed E-state index contributed by atoms with van der Waals surface area (Å²) >= 11 is 0. The van der Waals surface area contributed by atoms with Crippen LogP contribution in [-0.4, -0.2) is 33.4 Å². The summed E-state index contributed by atoms with van der Waals surface area (Å²) in [6.45, 7) is 3.42. The Hall–Kier alpha value is -1.95. The van der Waals surface area contributed by atoms with Crippen molar-refractivity contribution in [3.8, 4) is 11.4 Å². The third-order valence-electron chi connectivity index (χ3n) is 3.27. The Bertz CT molecular complexity index is 559. The van der Waals surface area contributed by atoms with Gasteiger partial charge in [-0.15, -0.1) is 5.10 Å². The first kappa shape index (κ1) is 11.2. The highest BCUT2D eigenvalue weighted by Gasteiger charge is 2.22. The van der Waals surface area contributed by atoms with E-state index >= 15 is 0 Å². The van der Waals surface area contributed by atoms with Gasteiger partial charge in [-0.05, 0) is 47.5 Å². The molecular formula is C12H15N5O. The Morgan fingerprint density at radius 3 is 3.06 bits per heavy atom. The average molecular weight is 245 g/mol. The summed E-state index contributed by atoms with van der Waals surface area (Å²) in [5, 5.41) is 11.9. The van der Waals surface area contributed by atoms with Crippen LogP contribution in [0.5, 0.6) is 0 Å². The molecule has 94 valence electrons. The molecule has 2 N–H and O–H groups in total. The van der Waals surface area contributed by atoms with Gasteiger partial charge in [-0.3, -0.25) is 0 Å². The highest BCUT2D eigenvalue weighted by Crippen LogP contribution is 2.26. The highest BCUT2D eigenvalue weighted by atomic mass is 16.5. The van der Waals surface area contributed by atoms with Crippen LogP contribution in [-0.2, 0) is 4.74 Å². The smallest absolute Gasteiger partial charge is 0.182 e. The molecule has 0 aliphatic carbocycles. The molecule has 1 aromatic heterocycles. The zero-order valence-electron chi connectivity index (χ0n) is 10.2. The fourth-order valence-corrected chi connectivity index (χ4v) is 2.16. The van der Waals surface area contributed by atoms with Gasteiger partial charge in [0.15, 0.2) is 5.82 Å². The molecule has 1 unspecified atom stereocenters. The van der Waals surface area contributed by atoms with Crippen molar-refractivity contribution in [3.05, 3.63) is 23.8 Å². The van der Waals surface area contributed by atoms with E-state index in [9.17, 15) is 0 Å². The Morgan fingerprint density at radius 2 is 2.33 bits per heavy atom.